The molecular formula is C14H13BrN4O2. The molecule has 0 fully saturated rings. The van der Waals surface area contributed by atoms with Crippen molar-refractivity contribution in [2.75, 3.05) is 11.9 Å². The molecule has 3 rings (SSSR count). The Labute approximate surface area is 129 Å². The maximum atomic E-state index is 11.1. The van der Waals surface area contributed by atoms with Gasteiger partial charge in [0, 0.05) is 18.4 Å². The summed E-state index contributed by atoms with van der Waals surface area (Å²) in [6, 6.07) is 5.97. The van der Waals surface area contributed by atoms with Gasteiger partial charge in [0.05, 0.1) is 9.40 Å². The molecule has 1 aromatic heterocycles. The number of nitro groups is 1. The quantitative estimate of drug-likeness (QED) is 0.657. The van der Waals surface area contributed by atoms with Gasteiger partial charge in [-0.3, -0.25) is 15.1 Å². The van der Waals surface area contributed by atoms with Crippen LogP contribution in [0, 0.1) is 10.1 Å². The van der Waals surface area contributed by atoms with Crippen LogP contribution in [0.15, 0.2) is 35.1 Å². The molecule has 0 amide bonds. The molecule has 2 heterocycles. The van der Waals surface area contributed by atoms with Gasteiger partial charge >= 0.3 is 5.69 Å². The van der Waals surface area contributed by atoms with E-state index < -0.39 is 4.92 Å². The van der Waals surface area contributed by atoms with Crippen molar-refractivity contribution < 1.29 is 4.92 Å². The molecule has 0 spiro atoms. The van der Waals surface area contributed by atoms with Crippen LogP contribution in [-0.2, 0) is 13.0 Å². The van der Waals surface area contributed by atoms with Gasteiger partial charge < -0.3 is 10.6 Å². The topological polar surface area (TPSA) is 80.1 Å². The van der Waals surface area contributed by atoms with Crippen LogP contribution < -0.4 is 10.6 Å². The molecule has 0 bridgehead atoms. The van der Waals surface area contributed by atoms with Crippen molar-refractivity contribution >= 4 is 33.0 Å². The van der Waals surface area contributed by atoms with Crippen molar-refractivity contribution in [2.45, 2.75) is 13.0 Å². The summed E-state index contributed by atoms with van der Waals surface area (Å²) in [5.74, 6) is 0. The van der Waals surface area contributed by atoms with E-state index in [1.54, 1.807) is 6.20 Å². The first-order chi connectivity index (χ1) is 10.2. The molecule has 1 aliphatic heterocycles. The number of anilines is 2. The van der Waals surface area contributed by atoms with Crippen LogP contribution in [0.25, 0.3) is 0 Å². The summed E-state index contributed by atoms with van der Waals surface area (Å²) in [5, 5.41) is 17.7. The molecule has 108 valence electrons. The minimum absolute atomic E-state index is 0.0455. The van der Waals surface area contributed by atoms with Crippen LogP contribution in [0.1, 0.15) is 11.1 Å². The zero-order chi connectivity index (χ0) is 14.8. The lowest BCUT2D eigenvalue weighted by molar-refractivity contribution is -0.384. The first kappa shape index (κ1) is 14.0. The van der Waals surface area contributed by atoms with Gasteiger partial charge in [0.25, 0.3) is 0 Å². The van der Waals surface area contributed by atoms with Crippen molar-refractivity contribution in [1.82, 2.24) is 10.3 Å². The number of benzene rings is 1. The number of fused-ring (bicyclic) bond motifs is 1. The SMILES string of the molecule is O=[N+]([O-])c1cncc(Br)c1Nc1cccc2c1CCNC2. The van der Waals surface area contributed by atoms with Gasteiger partial charge in [-0.25, -0.2) is 0 Å². The number of aromatic nitrogens is 1. The second-order valence-corrected chi connectivity index (χ2v) is 5.62. The third kappa shape index (κ3) is 2.74. The number of rotatable bonds is 3. The number of pyridine rings is 1. The lowest BCUT2D eigenvalue weighted by Gasteiger charge is -2.21. The average molecular weight is 349 g/mol. The highest BCUT2D eigenvalue weighted by Gasteiger charge is 2.20. The maximum absolute atomic E-state index is 11.1. The number of hydrogen-bond acceptors (Lipinski definition) is 5. The molecule has 0 radical (unpaired) electrons. The molecule has 7 heteroatoms. The molecule has 21 heavy (non-hydrogen) atoms. The fraction of sp³-hybridized carbons (Fsp3) is 0.214. The van der Waals surface area contributed by atoms with Gasteiger partial charge in [0.2, 0.25) is 0 Å². The molecular weight excluding hydrogens is 336 g/mol. The third-order valence-corrected chi connectivity index (χ3v) is 4.08. The van der Waals surface area contributed by atoms with Crippen molar-refractivity contribution in [3.63, 3.8) is 0 Å². The Morgan fingerprint density at radius 2 is 2.24 bits per heavy atom. The van der Waals surface area contributed by atoms with Crippen LogP contribution in [0.4, 0.5) is 17.1 Å². The number of halogens is 1. The smallest absolute Gasteiger partial charge is 0.311 e. The van der Waals surface area contributed by atoms with Gasteiger partial charge in [-0.05, 0) is 46.1 Å². The van der Waals surface area contributed by atoms with Gasteiger partial charge in [0.15, 0.2) is 0 Å². The molecule has 0 aliphatic carbocycles. The Balaban J connectivity index is 2.04. The number of nitrogens with zero attached hydrogens (tertiary/aromatic N) is 2. The average Bonchev–Trinajstić information content (AvgIpc) is 2.49. The van der Waals surface area contributed by atoms with Gasteiger partial charge in [0.1, 0.15) is 11.9 Å². The fourth-order valence-electron chi connectivity index (χ4n) is 2.47. The predicted octanol–water partition coefficient (Wildman–Crippen LogP) is 3.14. The summed E-state index contributed by atoms with van der Waals surface area (Å²) in [6.45, 7) is 1.73. The summed E-state index contributed by atoms with van der Waals surface area (Å²) in [4.78, 5) is 14.6. The predicted molar refractivity (Wildman–Crippen MR) is 83.7 cm³/mol. The first-order valence-electron chi connectivity index (χ1n) is 6.53. The standard InChI is InChI=1S/C14H13BrN4O2/c15-11-7-17-8-13(19(20)21)14(11)18-12-3-1-2-9-6-16-5-4-10(9)12/h1-3,7-8,16H,4-6H2,(H,17,18). The second kappa shape index (κ2) is 5.79. The zero-order valence-electron chi connectivity index (χ0n) is 11.1. The van der Waals surface area contributed by atoms with Crippen molar-refractivity contribution in [3.8, 4) is 0 Å². The van der Waals surface area contributed by atoms with Crippen LogP contribution in [0.5, 0.6) is 0 Å². The Hall–Kier alpha value is -1.99. The lowest BCUT2D eigenvalue weighted by atomic mass is 9.99. The molecule has 0 unspecified atom stereocenters. The summed E-state index contributed by atoms with van der Waals surface area (Å²) in [5.41, 5.74) is 3.72. The maximum Gasteiger partial charge on any atom is 0.311 e. The molecule has 2 aromatic rings. The highest BCUT2D eigenvalue weighted by molar-refractivity contribution is 9.10. The van der Waals surface area contributed by atoms with E-state index >= 15 is 0 Å². The zero-order valence-corrected chi connectivity index (χ0v) is 12.7. The lowest BCUT2D eigenvalue weighted by Crippen LogP contribution is -2.24. The van der Waals surface area contributed by atoms with Gasteiger partial charge in [-0.2, -0.15) is 0 Å². The molecule has 0 saturated heterocycles. The van der Waals surface area contributed by atoms with Crippen molar-refractivity contribution in [3.05, 3.63) is 56.3 Å². The minimum Gasteiger partial charge on any atom is -0.349 e. The third-order valence-electron chi connectivity index (χ3n) is 3.48. The summed E-state index contributed by atoms with van der Waals surface area (Å²) >= 11 is 3.33. The van der Waals surface area contributed by atoms with Crippen LogP contribution in [-0.4, -0.2) is 16.5 Å². The van der Waals surface area contributed by atoms with E-state index in [9.17, 15) is 10.1 Å². The van der Waals surface area contributed by atoms with Crippen LogP contribution in [0.3, 0.4) is 0 Å². The Morgan fingerprint density at radius 3 is 3.05 bits per heavy atom. The summed E-state index contributed by atoms with van der Waals surface area (Å²) < 4.78 is 0.572. The van der Waals surface area contributed by atoms with E-state index in [2.05, 4.69) is 37.6 Å². The molecule has 1 aromatic carbocycles. The molecule has 0 atom stereocenters. The second-order valence-electron chi connectivity index (χ2n) is 4.77. The van der Waals surface area contributed by atoms with E-state index in [1.807, 2.05) is 12.1 Å². The molecule has 1 aliphatic rings. The minimum atomic E-state index is -0.433. The molecule has 6 nitrogen and oxygen atoms in total. The van der Waals surface area contributed by atoms with Gasteiger partial charge in [-0.1, -0.05) is 12.1 Å². The molecule has 2 N–H and O–H groups in total. The number of hydrogen-bond donors (Lipinski definition) is 2. The van der Waals surface area contributed by atoms with E-state index in [4.69, 9.17) is 0 Å². The number of nitrogens with one attached hydrogen (secondary N) is 2. The van der Waals surface area contributed by atoms with E-state index in [0.29, 0.717) is 10.2 Å². The molecule has 0 saturated carbocycles. The Bertz CT molecular complexity index is 705. The largest absolute Gasteiger partial charge is 0.349 e. The normalized spacial score (nSPS) is 13.6. The Kier molecular flexibility index (Phi) is 3.85. The van der Waals surface area contributed by atoms with Crippen molar-refractivity contribution in [2.24, 2.45) is 0 Å². The van der Waals surface area contributed by atoms with Crippen LogP contribution >= 0.6 is 15.9 Å². The van der Waals surface area contributed by atoms with E-state index in [1.165, 1.54) is 17.3 Å². The van der Waals surface area contributed by atoms with Crippen LogP contribution in [0.2, 0.25) is 0 Å². The summed E-state index contributed by atoms with van der Waals surface area (Å²) in [7, 11) is 0. The van der Waals surface area contributed by atoms with Gasteiger partial charge in [-0.15, -0.1) is 0 Å². The van der Waals surface area contributed by atoms with E-state index in [-0.39, 0.29) is 5.69 Å². The monoisotopic (exact) mass is 348 g/mol. The van der Waals surface area contributed by atoms with Crippen molar-refractivity contribution in [1.29, 1.82) is 0 Å². The summed E-state index contributed by atoms with van der Waals surface area (Å²) in [6.07, 6.45) is 3.70. The first-order valence-corrected chi connectivity index (χ1v) is 7.32. The van der Waals surface area contributed by atoms with E-state index in [0.717, 1.165) is 25.2 Å². The highest BCUT2D eigenvalue weighted by Crippen LogP contribution is 2.35. The Morgan fingerprint density at radius 1 is 1.38 bits per heavy atom. The fourth-order valence-corrected chi connectivity index (χ4v) is 2.89. The highest BCUT2D eigenvalue weighted by atomic mass is 79.9.